The summed E-state index contributed by atoms with van der Waals surface area (Å²) >= 11 is 0. The number of rotatable bonds is 10. The first-order chi connectivity index (χ1) is 19.6. The van der Waals surface area contributed by atoms with Gasteiger partial charge in [-0.25, -0.2) is 0 Å². The Kier molecular flexibility index (Phi) is 8.53. The number of phenolic OH excluding ortho intramolecular Hbond substituents is 2. The van der Waals surface area contributed by atoms with E-state index >= 15 is 0 Å². The predicted octanol–water partition coefficient (Wildman–Crippen LogP) is 5.45. The Morgan fingerprint density at radius 1 is 0.659 bits per heavy atom. The third-order valence-electron chi connectivity index (χ3n) is 6.25. The highest BCUT2D eigenvalue weighted by Gasteiger charge is 2.11. The molecule has 4 rings (SSSR count). The molecule has 0 aliphatic carbocycles. The van der Waals surface area contributed by atoms with Gasteiger partial charge in [-0.3, -0.25) is 30.2 Å². The van der Waals surface area contributed by atoms with Gasteiger partial charge in [0, 0.05) is 49.5 Å². The van der Waals surface area contributed by atoms with Crippen LogP contribution in [-0.4, -0.2) is 46.6 Å². The molecule has 0 saturated heterocycles. The van der Waals surface area contributed by atoms with Crippen LogP contribution in [0.2, 0.25) is 0 Å². The van der Waals surface area contributed by atoms with Crippen molar-refractivity contribution in [3.8, 4) is 11.5 Å². The van der Waals surface area contributed by atoms with Gasteiger partial charge in [0.15, 0.2) is 0 Å². The molecule has 0 radical (unpaired) electrons. The molecule has 4 aromatic carbocycles. The van der Waals surface area contributed by atoms with Crippen molar-refractivity contribution in [3.63, 3.8) is 0 Å². The fourth-order valence-electron chi connectivity index (χ4n) is 3.94. The van der Waals surface area contributed by atoms with Crippen LogP contribution in [0.1, 0.15) is 22.3 Å². The summed E-state index contributed by atoms with van der Waals surface area (Å²) < 4.78 is 0. The van der Waals surface area contributed by atoms with Gasteiger partial charge in [0.2, 0.25) is 0 Å². The average Bonchev–Trinajstić information content (AvgIpc) is 2.96. The number of phenols is 2. The van der Waals surface area contributed by atoms with E-state index in [0.29, 0.717) is 28.9 Å². The van der Waals surface area contributed by atoms with E-state index in [4.69, 9.17) is 0 Å². The lowest BCUT2D eigenvalue weighted by Gasteiger charge is -2.15. The Hall–Kier alpha value is -5.78. The van der Waals surface area contributed by atoms with Crippen LogP contribution in [0.15, 0.2) is 95.1 Å². The first-order valence-electron chi connectivity index (χ1n) is 12.3. The lowest BCUT2D eigenvalue weighted by atomic mass is 9.96. The van der Waals surface area contributed by atoms with E-state index in [1.54, 1.807) is 97.2 Å². The van der Waals surface area contributed by atoms with Gasteiger partial charge in [0.25, 0.3) is 11.4 Å². The monoisotopic (exact) mass is 554 g/mol. The molecule has 208 valence electrons. The zero-order valence-electron chi connectivity index (χ0n) is 22.2. The number of non-ortho nitro benzene ring substituents is 2. The number of benzene rings is 4. The Labute approximate surface area is 235 Å². The minimum Gasteiger partial charge on any atom is -0.508 e. The fraction of sp³-hybridized carbons (Fsp3) is 0.103. The van der Waals surface area contributed by atoms with Crippen LogP contribution in [0.4, 0.5) is 22.7 Å². The van der Waals surface area contributed by atoms with Crippen LogP contribution < -0.4 is 10.0 Å². The summed E-state index contributed by atoms with van der Waals surface area (Å²) in [6.07, 6.45) is 3.60. The van der Waals surface area contributed by atoms with Gasteiger partial charge < -0.3 is 10.2 Å². The maximum Gasteiger partial charge on any atom is 0.269 e. The molecular weight excluding hydrogens is 528 g/mol. The highest BCUT2D eigenvalue weighted by atomic mass is 16.6. The molecular formula is C29H26N6O6. The van der Waals surface area contributed by atoms with Gasteiger partial charge in [-0.05, 0) is 66.1 Å². The van der Waals surface area contributed by atoms with E-state index in [1.165, 1.54) is 24.3 Å². The van der Waals surface area contributed by atoms with Crippen LogP contribution in [-0.2, 0) is 6.42 Å². The minimum absolute atomic E-state index is 0.0198. The van der Waals surface area contributed by atoms with Crippen LogP contribution in [0.25, 0.3) is 0 Å². The predicted molar refractivity (Wildman–Crippen MR) is 157 cm³/mol. The highest BCUT2D eigenvalue weighted by Crippen LogP contribution is 2.24. The zero-order valence-corrected chi connectivity index (χ0v) is 22.2. The van der Waals surface area contributed by atoms with E-state index in [1.807, 2.05) is 0 Å². The number of nitrogens with zero attached hydrogens (tertiary/aromatic N) is 6. The van der Waals surface area contributed by atoms with Crippen molar-refractivity contribution in [2.75, 3.05) is 24.1 Å². The minimum atomic E-state index is -0.470. The Bertz CT molecular complexity index is 1500. The van der Waals surface area contributed by atoms with Gasteiger partial charge in [-0.2, -0.15) is 10.2 Å². The summed E-state index contributed by atoms with van der Waals surface area (Å²) in [5, 5.41) is 54.1. The van der Waals surface area contributed by atoms with Crippen LogP contribution >= 0.6 is 0 Å². The van der Waals surface area contributed by atoms with Crippen LogP contribution in [0.5, 0.6) is 11.5 Å². The third-order valence-corrected chi connectivity index (χ3v) is 6.25. The Morgan fingerprint density at radius 2 is 1.02 bits per heavy atom. The number of hydrogen-bond donors (Lipinski definition) is 2. The van der Waals surface area contributed by atoms with E-state index in [0.717, 1.165) is 11.1 Å². The lowest BCUT2D eigenvalue weighted by Crippen LogP contribution is -2.10. The number of nitro benzene ring substituents is 2. The second-order valence-corrected chi connectivity index (χ2v) is 9.03. The standard InChI is InChI=1S/C29H26N6O6/c1-32(24-5-9-26(10-6-24)34(38)39)30-18-22-16-28(36)13-3-20(22)15-21-4-14-29(37)17-23(21)19-31-33(2)25-7-11-27(12-8-25)35(40)41/h3-14,16-19,36-37H,15H2,1-2H3/b30-18+,31-19+. The molecule has 41 heavy (non-hydrogen) atoms. The van der Waals surface area contributed by atoms with Crippen molar-refractivity contribution in [1.29, 1.82) is 0 Å². The molecule has 0 amide bonds. The smallest absolute Gasteiger partial charge is 0.269 e. The normalized spacial score (nSPS) is 11.2. The molecule has 0 fully saturated rings. The van der Waals surface area contributed by atoms with Crippen molar-refractivity contribution in [1.82, 2.24) is 0 Å². The largest absolute Gasteiger partial charge is 0.508 e. The summed E-state index contributed by atoms with van der Waals surface area (Å²) in [6.45, 7) is 0. The number of hydrogen-bond acceptors (Lipinski definition) is 10. The maximum atomic E-state index is 10.9. The van der Waals surface area contributed by atoms with E-state index in [-0.39, 0.29) is 22.9 Å². The molecule has 0 saturated carbocycles. The molecule has 0 spiro atoms. The quantitative estimate of drug-likeness (QED) is 0.149. The summed E-state index contributed by atoms with van der Waals surface area (Å²) in [5.41, 5.74) is 4.23. The third kappa shape index (κ3) is 7.20. The summed E-state index contributed by atoms with van der Waals surface area (Å²) in [4.78, 5) is 20.9. The van der Waals surface area contributed by atoms with Gasteiger partial charge in [-0.15, -0.1) is 0 Å². The molecule has 0 aliphatic rings. The van der Waals surface area contributed by atoms with Crippen molar-refractivity contribution in [2.24, 2.45) is 10.2 Å². The van der Waals surface area contributed by atoms with E-state index < -0.39 is 9.85 Å². The molecule has 0 atom stereocenters. The van der Waals surface area contributed by atoms with Crippen LogP contribution in [0.3, 0.4) is 0 Å². The van der Waals surface area contributed by atoms with E-state index in [2.05, 4.69) is 10.2 Å². The second-order valence-electron chi connectivity index (χ2n) is 9.03. The highest BCUT2D eigenvalue weighted by molar-refractivity contribution is 5.85. The van der Waals surface area contributed by atoms with Crippen molar-refractivity contribution < 1.29 is 20.1 Å². The number of hydrazone groups is 2. The van der Waals surface area contributed by atoms with Crippen molar-refractivity contribution in [3.05, 3.63) is 127 Å². The topological polar surface area (TPSA) is 158 Å². The molecule has 4 aromatic rings. The Morgan fingerprint density at radius 3 is 1.37 bits per heavy atom. The Balaban J connectivity index is 1.56. The summed E-state index contributed by atoms with van der Waals surface area (Å²) in [5.74, 6) is 0.121. The number of nitro groups is 2. The zero-order chi connectivity index (χ0) is 29.5. The molecule has 0 heterocycles. The lowest BCUT2D eigenvalue weighted by molar-refractivity contribution is -0.385. The van der Waals surface area contributed by atoms with Gasteiger partial charge >= 0.3 is 0 Å². The number of anilines is 2. The fourth-order valence-corrected chi connectivity index (χ4v) is 3.94. The van der Waals surface area contributed by atoms with Crippen LogP contribution in [0, 0.1) is 20.2 Å². The van der Waals surface area contributed by atoms with Crippen molar-refractivity contribution in [2.45, 2.75) is 6.42 Å². The molecule has 12 heteroatoms. The van der Waals surface area contributed by atoms with Gasteiger partial charge in [-0.1, -0.05) is 12.1 Å². The van der Waals surface area contributed by atoms with E-state index in [9.17, 15) is 30.4 Å². The average molecular weight is 555 g/mol. The first kappa shape index (κ1) is 28.2. The second kappa shape index (κ2) is 12.4. The van der Waals surface area contributed by atoms with Gasteiger partial charge in [0.05, 0.1) is 33.7 Å². The molecule has 0 aromatic heterocycles. The molecule has 0 bridgehead atoms. The summed E-state index contributed by atoms with van der Waals surface area (Å²) in [6, 6.07) is 21.8. The molecule has 2 N–H and O–H groups in total. The first-order valence-corrected chi connectivity index (χ1v) is 12.3. The number of aromatic hydroxyl groups is 2. The van der Waals surface area contributed by atoms with Gasteiger partial charge in [0.1, 0.15) is 11.5 Å². The summed E-state index contributed by atoms with van der Waals surface area (Å²) in [7, 11) is 3.41. The molecule has 0 aliphatic heterocycles. The maximum absolute atomic E-state index is 10.9. The SMILES string of the molecule is CN(/N=C/c1cc(O)ccc1Cc1ccc(O)cc1/C=N/N(C)c1ccc([N+](=O)[O-])cc1)c1ccc([N+](=O)[O-])cc1. The molecule has 0 unspecified atom stereocenters. The molecule has 12 nitrogen and oxygen atoms in total. The van der Waals surface area contributed by atoms with Crippen molar-refractivity contribution >= 4 is 35.2 Å².